The molecule has 0 aliphatic carbocycles. The Bertz CT molecular complexity index is 2310. The van der Waals surface area contributed by atoms with Crippen LogP contribution in [-0.4, -0.2) is 63.7 Å². The predicted octanol–water partition coefficient (Wildman–Crippen LogP) is 6.34. The van der Waals surface area contributed by atoms with Crippen molar-refractivity contribution in [3.8, 4) is 29.0 Å². The van der Waals surface area contributed by atoms with Gasteiger partial charge in [0, 0.05) is 59.0 Å². The second kappa shape index (κ2) is 12.6. The molecule has 0 amide bonds. The molecule has 48 heavy (non-hydrogen) atoms. The SMILES string of the molecule is Cc1sc2c(-c3cc(Cl)ccc3C#CCn3c(C)nc4cc(C(F)(F)F)c(N5CCN(C)CC5)c(C#N)c4c3=O)ccnc2c1C(=O)O. The molecule has 4 heterocycles. The summed E-state index contributed by atoms with van der Waals surface area (Å²) >= 11 is 7.66. The number of pyridine rings is 1. The lowest BCUT2D eigenvalue weighted by molar-refractivity contribution is -0.137. The third-order valence-electron chi connectivity index (χ3n) is 8.34. The van der Waals surface area contributed by atoms with Gasteiger partial charge in [-0.05, 0) is 51.2 Å². The van der Waals surface area contributed by atoms with Crippen molar-refractivity contribution in [2.75, 3.05) is 38.1 Å². The van der Waals surface area contributed by atoms with Gasteiger partial charge in [-0.25, -0.2) is 9.78 Å². The number of carbonyl (C=O) groups is 1. The number of hydrogen-bond acceptors (Lipinski definition) is 8. The summed E-state index contributed by atoms with van der Waals surface area (Å²) < 4.78 is 44.9. The Hall–Kier alpha value is -4.95. The van der Waals surface area contributed by atoms with Crippen LogP contribution >= 0.6 is 22.9 Å². The molecular weight excluding hydrogens is 665 g/mol. The zero-order valence-electron chi connectivity index (χ0n) is 25.9. The van der Waals surface area contributed by atoms with Gasteiger partial charge in [-0.3, -0.25) is 14.3 Å². The fraction of sp³-hybridized carbons (Fsp3) is 0.265. The Kier molecular flexibility index (Phi) is 8.64. The Balaban J connectivity index is 1.46. The van der Waals surface area contributed by atoms with Crippen LogP contribution in [0.2, 0.25) is 5.02 Å². The minimum Gasteiger partial charge on any atom is -0.478 e. The smallest absolute Gasteiger partial charge is 0.418 e. The maximum Gasteiger partial charge on any atom is 0.418 e. The largest absolute Gasteiger partial charge is 0.478 e. The van der Waals surface area contributed by atoms with Gasteiger partial charge in [0.15, 0.2) is 0 Å². The summed E-state index contributed by atoms with van der Waals surface area (Å²) in [5.74, 6) is 5.10. The van der Waals surface area contributed by atoms with Crippen molar-refractivity contribution in [2.24, 2.45) is 0 Å². The van der Waals surface area contributed by atoms with E-state index in [1.165, 1.54) is 33.9 Å². The fourth-order valence-electron chi connectivity index (χ4n) is 5.98. The zero-order chi connectivity index (χ0) is 34.5. The molecule has 0 saturated carbocycles. The minimum atomic E-state index is -4.78. The number of nitriles is 1. The third-order valence-corrected chi connectivity index (χ3v) is 9.70. The second-order valence-electron chi connectivity index (χ2n) is 11.4. The Labute approximate surface area is 281 Å². The number of aromatic carboxylic acids is 1. The second-order valence-corrected chi connectivity index (χ2v) is 13.0. The van der Waals surface area contributed by atoms with Crippen LogP contribution in [0.15, 0.2) is 41.3 Å². The highest BCUT2D eigenvalue weighted by molar-refractivity contribution is 7.20. The van der Waals surface area contributed by atoms with Crippen molar-refractivity contribution in [1.82, 2.24) is 19.4 Å². The summed E-state index contributed by atoms with van der Waals surface area (Å²) in [4.78, 5) is 38.5. The average molecular weight is 691 g/mol. The number of halogens is 4. The molecule has 1 aliphatic heterocycles. The van der Waals surface area contributed by atoms with Crippen molar-refractivity contribution in [3.63, 3.8) is 0 Å². The van der Waals surface area contributed by atoms with Crippen LogP contribution < -0.4 is 10.5 Å². The van der Waals surface area contributed by atoms with Gasteiger partial charge in [0.05, 0.1) is 50.0 Å². The number of benzene rings is 2. The van der Waals surface area contributed by atoms with E-state index < -0.39 is 23.3 Å². The molecule has 0 bridgehead atoms. The maximum atomic E-state index is 14.3. The standard InChI is InChI=1S/C34H26ClF3N6O3S/c1-18-27(33(46)47)29-31(48-18)22(8-9-40-29)23-15-21(35)7-6-20(23)5-4-10-44-19(2)41-26-16-25(34(36,37)38)30(24(17-39)28(26)32(44)45)43-13-11-42(3)12-14-43/h6-9,15-16H,10-14H2,1-3H3,(H,46,47). The normalized spacial score (nSPS) is 13.8. The van der Waals surface area contributed by atoms with Crippen LogP contribution in [0.25, 0.3) is 32.2 Å². The van der Waals surface area contributed by atoms with Crippen molar-refractivity contribution in [2.45, 2.75) is 26.6 Å². The number of fused-ring (bicyclic) bond motifs is 2. The Morgan fingerprint density at radius 2 is 1.85 bits per heavy atom. The number of nitrogens with zero attached hydrogens (tertiary/aromatic N) is 6. The van der Waals surface area contributed by atoms with Crippen molar-refractivity contribution in [3.05, 3.63) is 84.9 Å². The summed E-state index contributed by atoms with van der Waals surface area (Å²) in [6.07, 6.45) is -3.26. The van der Waals surface area contributed by atoms with Crippen LogP contribution in [0.3, 0.4) is 0 Å². The third kappa shape index (κ3) is 5.85. The number of carboxylic acids is 1. The highest BCUT2D eigenvalue weighted by Gasteiger charge is 2.39. The molecule has 14 heteroatoms. The molecule has 1 saturated heterocycles. The molecule has 244 valence electrons. The molecule has 3 aromatic heterocycles. The van der Waals surface area contributed by atoms with Crippen molar-refractivity contribution in [1.29, 1.82) is 5.26 Å². The molecule has 2 aromatic carbocycles. The molecule has 0 atom stereocenters. The first-order valence-corrected chi connectivity index (χ1v) is 15.9. The summed E-state index contributed by atoms with van der Waals surface area (Å²) in [5.41, 5.74) is -0.229. The van der Waals surface area contributed by atoms with E-state index in [9.17, 15) is 33.1 Å². The summed E-state index contributed by atoms with van der Waals surface area (Å²) in [7, 11) is 1.86. The number of rotatable bonds is 4. The van der Waals surface area contributed by atoms with Gasteiger partial charge < -0.3 is 14.9 Å². The monoisotopic (exact) mass is 690 g/mol. The number of carboxylic acid groups (broad SMARTS) is 1. The van der Waals surface area contributed by atoms with Gasteiger partial charge in [-0.15, -0.1) is 11.3 Å². The van der Waals surface area contributed by atoms with Gasteiger partial charge in [0.2, 0.25) is 0 Å². The molecule has 1 aliphatic rings. The van der Waals surface area contributed by atoms with Crippen molar-refractivity contribution < 1.29 is 23.1 Å². The summed E-state index contributed by atoms with van der Waals surface area (Å²) in [6, 6.07) is 9.56. The molecule has 0 radical (unpaired) electrons. The average Bonchev–Trinajstić information content (AvgIpc) is 3.38. The summed E-state index contributed by atoms with van der Waals surface area (Å²) in [5, 5.41) is 20.2. The number of alkyl halides is 3. The molecule has 6 rings (SSSR count). The Morgan fingerprint density at radius 3 is 2.52 bits per heavy atom. The molecular formula is C34H26ClF3N6O3S. The van der Waals surface area contributed by atoms with E-state index in [2.05, 4.69) is 21.8 Å². The lowest BCUT2D eigenvalue weighted by atomic mass is 9.99. The first-order valence-electron chi connectivity index (χ1n) is 14.7. The van der Waals surface area contributed by atoms with E-state index >= 15 is 0 Å². The number of piperazine rings is 1. The fourth-order valence-corrected chi connectivity index (χ4v) is 7.28. The van der Waals surface area contributed by atoms with Gasteiger partial charge in [0.25, 0.3) is 5.56 Å². The molecule has 1 N–H and O–H groups in total. The number of aryl methyl sites for hydroxylation is 2. The van der Waals surface area contributed by atoms with Crippen LogP contribution in [0, 0.1) is 37.0 Å². The number of anilines is 1. The van der Waals surface area contributed by atoms with E-state index in [0.717, 1.165) is 6.07 Å². The first-order chi connectivity index (χ1) is 22.8. The van der Waals surface area contributed by atoms with E-state index in [-0.39, 0.29) is 53.2 Å². The molecule has 1 fully saturated rings. The Morgan fingerprint density at radius 1 is 1.12 bits per heavy atom. The van der Waals surface area contributed by atoms with Gasteiger partial charge in [-0.1, -0.05) is 23.4 Å². The molecule has 9 nitrogen and oxygen atoms in total. The van der Waals surface area contributed by atoms with Crippen LogP contribution in [0.1, 0.15) is 37.7 Å². The van der Waals surface area contributed by atoms with Gasteiger partial charge >= 0.3 is 12.1 Å². The van der Waals surface area contributed by atoms with Gasteiger partial charge in [-0.2, -0.15) is 18.4 Å². The van der Waals surface area contributed by atoms with Crippen molar-refractivity contribution >= 4 is 55.7 Å². The lowest BCUT2D eigenvalue weighted by Crippen LogP contribution is -2.45. The number of likely N-dealkylation sites (N-methyl/N-ethyl adjacent to an activating group) is 1. The highest BCUT2D eigenvalue weighted by Crippen LogP contribution is 2.42. The van der Waals surface area contributed by atoms with E-state index in [1.807, 2.05) is 18.0 Å². The predicted molar refractivity (Wildman–Crippen MR) is 179 cm³/mol. The van der Waals surface area contributed by atoms with Crippen LogP contribution in [0.4, 0.5) is 18.9 Å². The van der Waals surface area contributed by atoms with Crippen LogP contribution in [0.5, 0.6) is 0 Å². The number of aromatic nitrogens is 3. The zero-order valence-corrected chi connectivity index (χ0v) is 27.4. The topological polar surface area (TPSA) is 115 Å². The lowest BCUT2D eigenvalue weighted by Gasteiger charge is -2.36. The van der Waals surface area contributed by atoms with E-state index in [0.29, 0.717) is 49.9 Å². The summed E-state index contributed by atoms with van der Waals surface area (Å²) in [6.45, 7) is 4.55. The first kappa shape index (κ1) is 33.0. The molecule has 0 spiro atoms. The minimum absolute atomic E-state index is 0.125. The number of thiophene rings is 1. The van der Waals surface area contributed by atoms with Crippen LogP contribution in [-0.2, 0) is 12.7 Å². The van der Waals surface area contributed by atoms with E-state index in [4.69, 9.17) is 11.6 Å². The molecule has 0 unspecified atom stereocenters. The molecule has 5 aromatic rings. The van der Waals surface area contributed by atoms with Gasteiger partial charge in [0.1, 0.15) is 11.9 Å². The number of hydrogen-bond donors (Lipinski definition) is 1. The quantitative estimate of drug-likeness (QED) is 0.218. The maximum absolute atomic E-state index is 14.3. The van der Waals surface area contributed by atoms with E-state index in [1.54, 1.807) is 31.2 Å². The highest BCUT2D eigenvalue weighted by atomic mass is 35.5.